The van der Waals surface area contributed by atoms with Crippen molar-refractivity contribution in [3.05, 3.63) is 35.4 Å². The largest absolute Gasteiger partial charge is 0.377 e. The van der Waals surface area contributed by atoms with Crippen LogP contribution in [0.5, 0.6) is 0 Å². The number of guanidine groups is 1. The predicted octanol–water partition coefficient (Wildman–Crippen LogP) is 2.87. The van der Waals surface area contributed by atoms with Crippen LogP contribution in [0, 0.1) is 11.3 Å². The molecule has 4 rings (SSSR count). The molecule has 0 amide bonds. The van der Waals surface area contributed by atoms with Gasteiger partial charge in [-0.25, -0.2) is 0 Å². The maximum atomic E-state index is 6.01. The molecule has 1 aromatic carbocycles. The third-order valence-electron chi connectivity index (χ3n) is 6.50. The molecule has 3 atom stereocenters. The Morgan fingerprint density at radius 3 is 2.75 bits per heavy atom. The summed E-state index contributed by atoms with van der Waals surface area (Å²) in [6.07, 6.45) is 6.72. The average Bonchev–Trinajstić information content (AvgIpc) is 2.99. The van der Waals surface area contributed by atoms with Crippen LogP contribution in [0.2, 0.25) is 0 Å². The second kappa shape index (κ2) is 6.40. The summed E-state index contributed by atoms with van der Waals surface area (Å²) in [6, 6.07) is 9.18. The van der Waals surface area contributed by atoms with E-state index in [2.05, 4.69) is 46.8 Å². The summed E-state index contributed by atoms with van der Waals surface area (Å²) < 4.78 is 6.01. The lowest BCUT2D eigenvalue weighted by Gasteiger charge is -2.63. The summed E-state index contributed by atoms with van der Waals surface area (Å²) in [5, 5.41) is 7.26. The van der Waals surface area contributed by atoms with E-state index < -0.39 is 0 Å². The fourth-order valence-electron chi connectivity index (χ4n) is 5.05. The SMILES string of the molecule is CCc1ccccc1CNC(=NC)NC1C2CCOC2C12CCC2. The normalized spacial score (nSPS) is 30.4. The van der Waals surface area contributed by atoms with Gasteiger partial charge < -0.3 is 15.4 Å². The van der Waals surface area contributed by atoms with Gasteiger partial charge in [0.05, 0.1) is 6.10 Å². The number of hydrogen-bond acceptors (Lipinski definition) is 2. The van der Waals surface area contributed by atoms with Gasteiger partial charge in [0.15, 0.2) is 5.96 Å². The molecule has 0 bridgehead atoms. The Morgan fingerprint density at radius 1 is 1.29 bits per heavy atom. The van der Waals surface area contributed by atoms with Gasteiger partial charge in [-0.1, -0.05) is 37.6 Å². The van der Waals surface area contributed by atoms with Gasteiger partial charge in [0.25, 0.3) is 0 Å². The molecular formula is C20H29N3O. The molecule has 1 heterocycles. The highest BCUT2D eigenvalue weighted by molar-refractivity contribution is 5.80. The van der Waals surface area contributed by atoms with Crippen LogP contribution in [0.25, 0.3) is 0 Å². The molecule has 1 aliphatic heterocycles. The van der Waals surface area contributed by atoms with Crippen LogP contribution in [0.1, 0.15) is 43.7 Å². The van der Waals surface area contributed by atoms with Crippen molar-refractivity contribution >= 4 is 5.96 Å². The number of aliphatic imine (C=N–C) groups is 1. The number of fused-ring (bicyclic) bond motifs is 2. The lowest BCUT2D eigenvalue weighted by molar-refractivity contribution is -0.171. The molecular weight excluding hydrogens is 298 g/mol. The molecule has 4 nitrogen and oxygen atoms in total. The molecule has 3 unspecified atom stereocenters. The number of rotatable bonds is 4. The summed E-state index contributed by atoms with van der Waals surface area (Å²) in [5.74, 6) is 1.61. The topological polar surface area (TPSA) is 45.7 Å². The predicted molar refractivity (Wildman–Crippen MR) is 97.1 cm³/mol. The van der Waals surface area contributed by atoms with E-state index in [4.69, 9.17) is 4.74 Å². The summed E-state index contributed by atoms with van der Waals surface area (Å²) in [7, 11) is 1.87. The van der Waals surface area contributed by atoms with Crippen molar-refractivity contribution in [2.45, 2.75) is 57.7 Å². The summed E-state index contributed by atoms with van der Waals surface area (Å²) in [6.45, 7) is 3.97. The van der Waals surface area contributed by atoms with Gasteiger partial charge in [0, 0.05) is 37.6 Å². The highest BCUT2D eigenvalue weighted by Crippen LogP contribution is 2.62. The Morgan fingerprint density at radius 2 is 2.08 bits per heavy atom. The summed E-state index contributed by atoms with van der Waals surface area (Å²) >= 11 is 0. The minimum Gasteiger partial charge on any atom is -0.377 e. The van der Waals surface area contributed by atoms with E-state index in [0.717, 1.165) is 25.5 Å². The number of ether oxygens (including phenoxy) is 1. The molecule has 3 aliphatic rings. The monoisotopic (exact) mass is 327 g/mol. The Labute approximate surface area is 145 Å². The van der Waals surface area contributed by atoms with Gasteiger partial charge in [-0.3, -0.25) is 4.99 Å². The molecule has 1 aromatic rings. The number of benzene rings is 1. The zero-order valence-electron chi connectivity index (χ0n) is 14.8. The molecule has 24 heavy (non-hydrogen) atoms. The van der Waals surface area contributed by atoms with Crippen molar-refractivity contribution in [3.8, 4) is 0 Å². The first-order valence-corrected chi connectivity index (χ1v) is 9.44. The lowest BCUT2D eigenvalue weighted by atomic mass is 9.46. The number of hydrogen-bond donors (Lipinski definition) is 2. The van der Waals surface area contributed by atoms with Crippen molar-refractivity contribution in [1.29, 1.82) is 0 Å². The zero-order valence-corrected chi connectivity index (χ0v) is 14.8. The van der Waals surface area contributed by atoms with E-state index in [1.54, 1.807) is 0 Å². The molecule has 4 heteroatoms. The molecule has 0 aromatic heterocycles. The average molecular weight is 327 g/mol. The highest BCUT2D eigenvalue weighted by Gasteiger charge is 2.66. The second-order valence-electron chi connectivity index (χ2n) is 7.50. The quantitative estimate of drug-likeness (QED) is 0.660. The standard InChI is InChI=1S/C20H29N3O/c1-3-14-7-4-5-8-15(14)13-22-19(21-2)23-17-16-9-12-24-18(16)20(17)10-6-11-20/h4-5,7-8,16-18H,3,6,9-13H2,1-2H3,(H2,21,22,23). The molecule has 2 N–H and O–H groups in total. The van der Waals surface area contributed by atoms with Crippen LogP contribution < -0.4 is 10.6 Å². The molecule has 1 spiro atoms. The fourth-order valence-corrected chi connectivity index (χ4v) is 5.05. The minimum absolute atomic E-state index is 0.389. The van der Waals surface area contributed by atoms with Gasteiger partial charge in [0.2, 0.25) is 0 Å². The maximum Gasteiger partial charge on any atom is 0.191 e. The third-order valence-corrected chi connectivity index (χ3v) is 6.50. The molecule has 3 fully saturated rings. The van der Waals surface area contributed by atoms with Crippen molar-refractivity contribution in [2.24, 2.45) is 16.3 Å². The zero-order chi connectivity index (χ0) is 16.6. The molecule has 2 saturated carbocycles. The van der Waals surface area contributed by atoms with Gasteiger partial charge in [-0.05, 0) is 36.8 Å². The van der Waals surface area contributed by atoms with Crippen molar-refractivity contribution < 1.29 is 4.74 Å². The number of nitrogens with one attached hydrogen (secondary N) is 2. The molecule has 1 saturated heterocycles. The van der Waals surface area contributed by atoms with E-state index in [-0.39, 0.29) is 0 Å². The molecule has 2 aliphatic carbocycles. The van der Waals surface area contributed by atoms with Crippen LogP contribution in [0.15, 0.2) is 29.3 Å². The molecule has 0 radical (unpaired) electrons. The van der Waals surface area contributed by atoms with Gasteiger partial charge in [-0.15, -0.1) is 0 Å². The van der Waals surface area contributed by atoms with E-state index in [0.29, 0.717) is 23.5 Å². The Bertz CT molecular complexity index is 623. The lowest BCUT2D eigenvalue weighted by Crippen LogP contribution is -2.72. The fraction of sp³-hybridized carbons (Fsp3) is 0.650. The van der Waals surface area contributed by atoms with Crippen LogP contribution in [-0.2, 0) is 17.7 Å². The number of aryl methyl sites for hydroxylation is 1. The Balaban J connectivity index is 1.40. The van der Waals surface area contributed by atoms with Gasteiger partial charge in [0.1, 0.15) is 0 Å². The summed E-state index contributed by atoms with van der Waals surface area (Å²) in [4.78, 5) is 4.47. The van der Waals surface area contributed by atoms with E-state index in [1.165, 1.54) is 36.8 Å². The Hall–Kier alpha value is -1.55. The van der Waals surface area contributed by atoms with E-state index in [1.807, 2.05) is 7.05 Å². The van der Waals surface area contributed by atoms with E-state index >= 15 is 0 Å². The van der Waals surface area contributed by atoms with Crippen LogP contribution in [0.4, 0.5) is 0 Å². The minimum atomic E-state index is 0.389. The summed E-state index contributed by atoms with van der Waals surface area (Å²) in [5.41, 5.74) is 3.15. The van der Waals surface area contributed by atoms with Crippen LogP contribution in [-0.4, -0.2) is 31.8 Å². The first-order chi connectivity index (χ1) is 11.8. The molecule has 130 valence electrons. The maximum absolute atomic E-state index is 6.01. The second-order valence-corrected chi connectivity index (χ2v) is 7.50. The number of nitrogens with zero attached hydrogens (tertiary/aromatic N) is 1. The van der Waals surface area contributed by atoms with Crippen molar-refractivity contribution in [2.75, 3.05) is 13.7 Å². The Kier molecular flexibility index (Phi) is 4.25. The van der Waals surface area contributed by atoms with E-state index in [9.17, 15) is 0 Å². The van der Waals surface area contributed by atoms with Gasteiger partial charge in [-0.2, -0.15) is 0 Å². The first-order valence-electron chi connectivity index (χ1n) is 9.44. The van der Waals surface area contributed by atoms with Crippen LogP contribution >= 0.6 is 0 Å². The van der Waals surface area contributed by atoms with Crippen LogP contribution in [0.3, 0.4) is 0 Å². The third kappa shape index (κ3) is 2.43. The van der Waals surface area contributed by atoms with Crippen molar-refractivity contribution in [1.82, 2.24) is 10.6 Å². The first kappa shape index (κ1) is 15.9. The smallest absolute Gasteiger partial charge is 0.191 e. The van der Waals surface area contributed by atoms with Crippen molar-refractivity contribution in [3.63, 3.8) is 0 Å². The van der Waals surface area contributed by atoms with Gasteiger partial charge >= 0.3 is 0 Å². The highest BCUT2D eigenvalue weighted by atomic mass is 16.5.